The Bertz CT molecular complexity index is 772. The molecular formula is C15H12ClN3O2. The number of fused-ring (bicyclic) bond motifs is 1. The summed E-state index contributed by atoms with van der Waals surface area (Å²) in [4.78, 5) is 16.1. The molecule has 0 saturated heterocycles. The minimum absolute atomic E-state index is 0.0180. The fourth-order valence-electron chi connectivity index (χ4n) is 2.21. The van der Waals surface area contributed by atoms with Gasteiger partial charge < -0.3 is 16.2 Å². The zero-order valence-electron chi connectivity index (χ0n) is 10.9. The van der Waals surface area contributed by atoms with E-state index in [9.17, 15) is 9.90 Å². The molecule has 2 aromatic rings. The van der Waals surface area contributed by atoms with Crippen LogP contribution in [0.4, 0.5) is 11.4 Å². The molecule has 0 spiro atoms. The summed E-state index contributed by atoms with van der Waals surface area (Å²) in [5.41, 5.74) is 8.34. The number of benzodiazepines with no additional fused rings is 1. The molecule has 3 rings (SSSR count). The maximum absolute atomic E-state index is 11.7. The van der Waals surface area contributed by atoms with Crippen LogP contribution < -0.4 is 11.1 Å². The molecule has 1 aliphatic heterocycles. The maximum atomic E-state index is 11.7. The average Bonchev–Trinajstić information content (AvgIpc) is 2.59. The minimum atomic E-state index is -0.262. The van der Waals surface area contributed by atoms with E-state index in [-0.39, 0.29) is 23.9 Å². The fourth-order valence-corrected chi connectivity index (χ4v) is 2.44. The topological polar surface area (TPSA) is 87.7 Å². The zero-order valence-corrected chi connectivity index (χ0v) is 11.7. The minimum Gasteiger partial charge on any atom is -0.506 e. The second kappa shape index (κ2) is 5.10. The third kappa shape index (κ3) is 2.43. The molecule has 0 unspecified atom stereocenters. The highest BCUT2D eigenvalue weighted by molar-refractivity contribution is 6.36. The SMILES string of the molecule is Nc1cc2c(cc1O)NC(=O)CN=C2c1ccccc1Cl. The van der Waals surface area contributed by atoms with Crippen LogP contribution in [0.1, 0.15) is 11.1 Å². The number of nitrogens with zero attached hydrogens (tertiary/aromatic N) is 1. The number of anilines is 2. The number of nitrogens with two attached hydrogens (primary N) is 1. The van der Waals surface area contributed by atoms with Crippen molar-refractivity contribution in [3.63, 3.8) is 0 Å². The van der Waals surface area contributed by atoms with Crippen molar-refractivity contribution >= 4 is 34.6 Å². The van der Waals surface area contributed by atoms with Crippen molar-refractivity contribution in [2.24, 2.45) is 4.99 Å². The number of benzene rings is 2. The van der Waals surface area contributed by atoms with E-state index in [2.05, 4.69) is 10.3 Å². The summed E-state index contributed by atoms with van der Waals surface area (Å²) in [5.74, 6) is -0.350. The predicted molar refractivity (Wildman–Crippen MR) is 83.1 cm³/mol. The summed E-state index contributed by atoms with van der Waals surface area (Å²) in [6.45, 7) is -0.0180. The average molecular weight is 302 g/mol. The molecule has 4 N–H and O–H groups in total. The normalized spacial score (nSPS) is 14.0. The van der Waals surface area contributed by atoms with Gasteiger partial charge in [0.25, 0.3) is 0 Å². The molecule has 1 heterocycles. The van der Waals surface area contributed by atoms with Crippen LogP contribution in [0.5, 0.6) is 5.75 Å². The molecular weight excluding hydrogens is 290 g/mol. The summed E-state index contributed by atoms with van der Waals surface area (Å²) in [6.07, 6.45) is 0. The van der Waals surface area contributed by atoms with Gasteiger partial charge in [-0.25, -0.2) is 0 Å². The molecule has 21 heavy (non-hydrogen) atoms. The Labute approximate surface area is 126 Å². The van der Waals surface area contributed by atoms with Crippen molar-refractivity contribution in [3.8, 4) is 5.75 Å². The van der Waals surface area contributed by atoms with Gasteiger partial charge in [0.15, 0.2) is 0 Å². The lowest BCUT2D eigenvalue weighted by atomic mass is 9.99. The van der Waals surface area contributed by atoms with Gasteiger partial charge in [0.2, 0.25) is 5.91 Å². The van der Waals surface area contributed by atoms with E-state index in [1.54, 1.807) is 12.1 Å². The fraction of sp³-hybridized carbons (Fsp3) is 0.0667. The second-order valence-electron chi connectivity index (χ2n) is 4.65. The number of amides is 1. The quantitative estimate of drug-likeness (QED) is 0.558. The van der Waals surface area contributed by atoms with Crippen molar-refractivity contribution in [1.29, 1.82) is 0 Å². The van der Waals surface area contributed by atoms with Gasteiger partial charge in [-0.2, -0.15) is 0 Å². The van der Waals surface area contributed by atoms with E-state index in [1.807, 2.05) is 18.2 Å². The molecule has 1 amide bonds. The molecule has 0 aliphatic carbocycles. The van der Waals surface area contributed by atoms with Gasteiger partial charge in [-0.1, -0.05) is 29.8 Å². The maximum Gasteiger partial charge on any atom is 0.246 e. The van der Waals surface area contributed by atoms with E-state index in [1.165, 1.54) is 6.07 Å². The number of phenolic OH excluding ortho intramolecular Hbond substituents is 1. The zero-order chi connectivity index (χ0) is 15.0. The van der Waals surface area contributed by atoms with Crippen LogP contribution in [0.3, 0.4) is 0 Å². The number of phenols is 1. The first-order chi connectivity index (χ1) is 10.1. The molecule has 0 fully saturated rings. The first kappa shape index (κ1) is 13.5. The van der Waals surface area contributed by atoms with Crippen molar-refractivity contribution in [2.75, 3.05) is 17.6 Å². The Morgan fingerprint density at radius 2 is 2.00 bits per heavy atom. The number of aromatic hydroxyl groups is 1. The van der Waals surface area contributed by atoms with Crippen molar-refractivity contribution in [1.82, 2.24) is 0 Å². The number of nitrogen functional groups attached to an aromatic ring is 1. The van der Waals surface area contributed by atoms with Gasteiger partial charge >= 0.3 is 0 Å². The van der Waals surface area contributed by atoms with Gasteiger partial charge in [0.1, 0.15) is 12.3 Å². The van der Waals surface area contributed by atoms with Gasteiger partial charge in [-0.05, 0) is 12.1 Å². The highest BCUT2D eigenvalue weighted by Crippen LogP contribution is 2.32. The molecule has 0 aromatic heterocycles. The van der Waals surface area contributed by atoms with Gasteiger partial charge in [-0.3, -0.25) is 9.79 Å². The first-order valence-electron chi connectivity index (χ1n) is 6.28. The van der Waals surface area contributed by atoms with Crippen molar-refractivity contribution in [3.05, 3.63) is 52.5 Å². The molecule has 6 heteroatoms. The van der Waals surface area contributed by atoms with Gasteiger partial charge in [0, 0.05) is 22.2 Å². The van der Waals surface area contributed by atoms with Crippen LogP contribution in [-0.2, 0) is 4.79 Å². The third-order valence-electron chi connectivity index (χ3n) is 3.21. The van der Waals surface area contributed by atoms with Crippen LogP contribution in [0.15, 0.2) is 41.4 Å². The lowest BCUT2D eigenvalue weighted by molar-refractivity contribution is -0.114. The van der Waals surface area contributed by atoms with Crippen molar-refractivity contribution in [2.45, 2.75) is 0 Å². The number of hydrogen-bond acceptors (Lipinski definition) is 4. The number of carbonyl (C=O) groups excluding carboxylic acids is 1. The van der Waals surface area contributed by atoms with Crippen LogP contribution in [-0.4, -0.2) is 23.3 Å². The lowest BCUT2D eigenvalue weighted by Gasteiger charge is -2.13. The van der Waals surface area contributed by atoms with E-state index in [4.69, 9.17) is 17.3 Å². The number of carbonyl (C=O) groups is 1. The summed E-state index contributed by atoms with van der Waals surface area (Å²) >= 11 is 6.22. The summed E-state index contributed by atoms with van der Waals surface area (Å²) in [5, 5.41) is 13.0. The third-order valence-corrected chi connectivity index (χ3v) is 3.54. The largest absolute Gasteiger partial charge is 0.506 e. The number of aliphatic imine (C=N–C) groups is 1. The van der Waals surface area contributed by atoms with Gasteiger partial charge in [-0.15, -0.1) is 0 Å². The number of rotatable bonds is 1. The van der Waals surface area contributed by atoms with Crippen LogP contribution in [0.2, 0.25) is 5.02 Å². The van der Waals surface area contributed by atoms with Gasteiger partial charge in [0.05, 0.1) is 17.1 Å². The van der Waals surface area contributed by atoms with Crippen LogP contribution >= 0.6 is 11.6 Å². The number of halogens is 1. The second-order valence-corrected chi connectivity index (χ2v) is 5.06. The van der Waals surface area contributed by atoms with E-state index in [0.717, 1.165) is 0 Å². The molecule has 5 nitrogen and oxygen atoms in total. The summed E-state index contributed by atoms with van der Waals surface area (Å²) in [6, 6.07) is 10.2. The first-order valence-corrected chi connectivity index (χ1v) is 6.66. The van der Waals surface area contributed by atoms with Crippen LogP contribution in [0, 0.1) is 0 Å². The lowest BCUT2D eigenvalue weighted by Crippen LogP contribution is -2.13. The highest BCUT2D eigenvalue weighted by atomic mass is 35.5. The molecule has 0 bridgehead atoms. The summed E-state index contributed by atoms with van der Waals surface area (Å²) in [7, 11) is 0. The summed E-state index contributed by atoms with van der Waals surface area (Å²) < 4.78 is 0. The standard InChI is InChI=1S/C15H12ClN3O2/c16-10-4-2-1-3-8(10)15-9-5-11(17)13(20)6-12(9)19-14(21)7-18-15/h1-6,20H,7,17H2,(H,19,21). The molecule has 0 saturated carbocycles. The Hall–Kier alpha value is -2.53. The Morgan fingerprint density at radius 1 is 1.24 bits per heavy atom. The number of hydrogen-bond donors (Lipinski definition) is 3. The number of nitrogens with one attached hydrogen (secondary N) is 1. The smallest absolute Gasteiger partial charge is 0.246 e. The Morgan fingerprint density at radius 3 is 2.76 bits per heavy atom. The Balaban J connectivity index is 2.25. The molecule has 2 aromatic carbocycles. The molecule has 106 valence electrons. The van der Waals surface area contributed by atoms with Crippen molar-refractivity contribution < 1.29 is 9.90 Å². The van der Waals surface area contributed by atoms with E-state index in [0.29, 0.717) is 27.5 Å². The molecule has 0 atom stereocenters. The molecule has 1 aliphatic rings. The highest BCUT2D eigenvalue weighted by Gasteiger charge is 2.21. The van der Waals surface area contributed by atoms with E-state index >= 15 is 0 Å². The predicted octanol–water partition coefficient (Wildman–Crippen LogP) is 2.42. The monoisotopic (exact) mass is 301 g/mol. The van der Waals surface area contributed by atoms with E-state index < -0.39 is 0 Å². The van der Waals surface area contributed by atoms with Crippen LogP contribution in [0.25, 0.3) is 0 Å². The molecule has 0 radical (unpaired) electrons. The Kier molecular flexibility index (Phi) is 3.27.